The van der Waals surface area contributed by atoms with Crippen LogP contribution in [-0.4, -0.2) is 68.4 Å². The summed E-state index contributed by atoms with van der Waals surface area (Å²) in [5.74, 6) is -1.97. The molecule has 0 unspecified atom stereocenters. The first-order valence-corrected chi connectivity index (χ1v) is 9.84. The van der Waals surface area contributed by atoms with E-state index in [2.05, 4.69) is 5.32 Å². The van der Waals surface area contributed by atoms with E-state index in [1.165, 1.54) is 14.0 Å². The summed E-state index contributed by atoms with van der Waals surface area (Å²) in [5.41, 5.74) is 0.765. The number of methoxy groups -OCH3 is 1. The number of esters is 3. The number of rotatable bonds is 8. The van der Waals surface area contributed by atoms with E-state index in [1.807, 2.05) is 6.07 Å². The van der Waals surface area contributed by atoms with Gasteiger partial charge in [0.1, 0.15) is 25.4 Å². The molecule has 0 saturated carbocycles. The third kappa shape index (κ3) is 7.50. The SMILES string of the molecule is CO[C@H]1O[C@H](COC(C)=O)[C@@H](OC(C)=O)[C@H](OC(C)=O)[C@H]1NC(=O)OCc1ccccc1. The predicted molar refractivity (Wildman–Crippen MR) is 107 cm³/mol. The highest BCUT2D eigenvalue weighted by molar-refractivity contribution is 5.69. The number of benzene rings is 1. The molecule has 1 aromatic rings. The summed E-state index contributed by atoms with van der Waals surface area (Å²) >= 11 is 0. The van der Waals surface area contributed by atoms with Gasteiger partial charge in [-0.2, -0.15) is 0 Å². The van der Waals surface area contributed by atoms with Crippen molar-refractivity contribution in [1.82, 2.24) is 5.32 Å². The Morgan fingerprint density at radius 3 is 2.09 bits per heavy atom. The summed E-state index contributed by atoms with van der Waals surface area (Å²) in [7, 11) is 1.31. The molecule has 11 nitrogen and oxygen atoms in total. The van der Waals surface area contributed by atoms with Gasteiger partial charge >= 0.3 is 24.0 Å². The van der Waals surface area contributed by atoms with Crippen molar-refractivity contribution in [3.63, 3.8) is 0 Å². The van der Waals surface area contributed by atoms with Gasteiger partial charge in [-0.3, -0.25) is 14.4 Å². The Morgan fingerprint density at radius 1 is 0.906 bits per heavy atom. The average Bonchev–Trinajstić information content (AvgIpc) is 2.73. The molecule has 1 fully saturated rings. The maximum atomic E-state index is 12.4. The van der Waals surface area contributed by atoms with E-state index in [1.54, 1.807) is 24.3 Å². The second kappa shape index (κ2) is 12.0. The maximum Gasteiger partial charge on any atom is 0.407 e. The number of carbonyl (C=O) groups is 4. The van der Waals surface area contributed by atoms with Crippen LogP contribution in [0.2, 0.25) is 0 Å². The quantitative estimate of drug-likeness (QED) is 0.450. The summed E-state index contributed by atoms with van der Waals surface area (Å²) in [5, 5.41) is 2.55. The monoisotopic (exact) mass is 453 g/mol. The van der Waals surface area contributed by atoms with Gasteiger partial charge in [0.05, 0.1) is 0 Å². The zero-order valence-electron chi connectivity index (χ0n) is 18.3. The van der Waals surface area contributed by atoms with Gasteiger partial charge in [-0.1, -0.05) is 30.3 Å². The molecule has 1 saturated heterocycles. The molecule has 11 heteroatoms. The largest absolute Gasteiger partial charge is 0.463 e. The summed E-state index contributed by atoms with van der Waals surface area (Å²) in [6.45, 7) is 3.23. The minimum atomic E-state index is -1.21. The van der Waals surface area contributed by atoms with E-state index in [0.29, 0.717) is 0 Å². The molecule has 1 aromatic carbocycles. The van der Waals surface area contributed by atoms with Crippen LogP contribution in [0.15, 0.2) is 30.3 Å². The van der Waals surface area contributed by atoms with Gasteiger partial charge in [0.25, 0.3) is 0 Å². The van der Waals surface area contributed by atoms with E-state index in [4.69, 9.17) is 28.4 Å². The van der Waals surface area contributed by atoms with Crippen molar-refractivity contribution < 1.29 is 47.6 Å². The van der Waals surface area contributed by atoms with Crippen molar-refractivity contribution in [3.05, 3.63) is 35.9 Å². The average molecular weight is 453 g/mol. The van der Waals surface area contributed by atoms with Crippen molar-refractivity contribution in [1.29, 1.82) is 0 Å². The molecular formula is C21H27NO10. The third-order valence-electron chi connectivity index (χ3n) is 4.43. The zero-order valence-corrected chi connectivity index (χ0v) is 18.3. The Labute approximate surface area is 185 Å². The van der Waals surface area contributed by atoms with Crippen molar-refractivity contribution in [2.45, 2.75) is 58.0 Å². The number of hydrogen-bond donors (Lipinski definition) is 1. The standard InChI is InChI=1S/C21H27NO10/c1-12(23)28-11-16-18(30-13(2)24)19(31-14(3)25)17(20(27-4)32-16)22-21(26)29-10-15-8-6-5-7-9-15/h5-9,16-20H,10-11H2,1-4H3,(H,22,26)/t16-,17-,18-,19-,20+/m1/s1. The molecule has 0 spiro atoms. The van der Waals surface area contributed by atoms with E-state index in [0.717, 1.165) is 19.4 Å². The fourth-order valence-corrected chi connectivity index (χ4v) is 3.16. The van der Waals surface area contributed by atoms with Crippen LogP contribution in [0.5, 0.6) is 0 Å². The van der Waals surface area contributed by atoms with Crippen LogP contribution in [0.4, 0.5) is 4.79 Å². The summed E-state index contributed by atoms with van der Waals surface area (Å²) in [6, 6.07) is 7.91. The molecule has 0 bridgehead atoms. The maximum absolute atomic E-state index is 12.4. The molecule has 0 aromatic heterocycles. The Hall–Kier alpha value is -3.18. The zero-order chi connectivity index (χ0) is 23.7. The first kappa shape index (κ1) is 25.1. The van der Waals surface area contributed by atoms with Crippen molar-refractivity contribution in [3.8, 4) is 0 Å². The van der Waals surface area contributed by atoms with Crippen LogP contribution in [0.3, 0.4) is 0 Å². The lowest BCUT2D eigenvalue weighted by atomic mass is 9.96. The van der Waals surface area contributed by atoms with Crippen LogP contribution in [0.25, 0.3) is 0 Å². The molecule has 32 heavy (non-hydrogen) atoms. The highest BCUT2D eigenvalue weighted by atomic mass is 16.7. The molecule has 0 radical (unpaired) electrons. The van der Waals surface area contributed by atoms with Gasteiger partial charge in [-0.25, -0.2) is 4.79 Å². The Morgan fingerprint density at radius 2 is 1.53 bits per heavy atom. The van der Waals surface area contributed by atoms with E-state index in [9.17, 15) is 19.2 Å². The lowest BCUT2D eigenvalue weighted by Gasteiger charge is -2.44. The first-order valence-electron chi connectivity index (χ1n) is 9.84. The van der Waals surface area contributed by atoms with Crippen LogP contribution >= 0.6 is 0 Å². The van der Waals surface area contributed by atoms with Gasteiger partial charge < -0.3 is 33.7 Å². The van der Waals surface area contributed by atoms with E-state index >= 15 is 0 Å². The Bertz CT molecular complexity index is 799. The lowest BCUT2D eigenvalue weighted by Crippen LogP contribution is -2.66. The number of amides is 1. The summed E-state index contributed by atoms with van der Waals surface area (Å²) in [6.07, 6.45) is -5.38. The summed E-state index contributed by atoms with van der Waals surface area (Å²) in [4.78, 5) is 47.2. The highest BCUT2D eigenvalue weighted by Gasteiger charge is 2.51. The van der Waals surface area contributed by atoms with Crippen molar-refractivity contribution in [2.75, 3.05) is 13.7 Å². The normalized spacial score (nSPS) is 24.7. The van der Waals surface area contributed by atoms with Crippen LogP contribution < -0.4 is 5.32 Å². The molecule has 1 heterocycles. The van der Waals surface area contributed by atoms with Crippen molar-refractivity contribution >= 4 is 24.0 Å². The van der Waals surface area contributed by atoms with E-state index in [-0.39, 0.29) is 13.2 Å². The molecule has 1 aliphatic heterocycles. The lowest BCUT2D eigenvalue weighted by molar-refractivity contribution is -0.271. The van der Waals surface area contributed by atoms with Crippen molar-refractivity contribution in [2.24, 2.45) is 0 Å². The third-order valence-corrected chi connectivity index (χ3v) is 4.43. The number of alkyl carbamates (subject to hydrolysis) is 1. The number of nitrogens with one attached hydrogen (secondary N) is 1. The second-order valence-corrected chi connectivity index (χ2v) is 6.96. The van der Waals surface area contributed by atoms with E-state index < -0.39 is 54.6 Å². The second-order valence-electron chi connectivity index (χ2n) is 6.96. The minimum Gasteiger partial charge on any atom is -0.463 e. The van der Waals surface area contributed by atoms with Crippen LogP contribution in [0, 0.1) is 0 Å². The minimum absolute atomic E-state index is 0.00141. The van der Waals surface area contributed by atoms with Gasteiger partial charge in [0.15, 0.2) is 18.5 Å². The molecular weight excluding hydrogens is 426 g/mol. The number of ether oxygens (including phenoxy) is 6. The molecule has 1 N–H and O–H groups in total. The van der Waals surface area contributed by atoms with Gasteiger partial charge in [0.2, 0.25) is 0 Å². The molecule has 5 atom stereocenters. The molecule has 1 amide bonds. The fraction of sp³-hybridized carbons (Fsp3) is 0.524. The summed E-state index contributed by atoms with van der Waals surface area (Å²) < 4.78 is 31.9. The first-order chi connectivity index (χ1) is 15.2. The topological polar surface area (TPSA) is 136 Å². The van der Waals surface area contributed by atoms with Gasteiger partial charge in [-0.05, 0) is 5.56 Å². The van der Waals surface area contributed by atoms with Gasteiger partial charge in [-0.15, -0.1) is 0 Å². The molecule has 0 aliphatic carbocycles. The van der Waals surface area contributed by atoms with Gasteiger partial charge in [0, 0.05) is 27.9 Å². The van der Waals surface area contributed by atoms with Crippen LogP contribution in [-0.2, 0) is 49.4 Å². The number of hydrogen-bond acceptors (Lipinski definition) is 10. The fourth-order valence-electron chi connectivity index (χ4n) is 3.16. The molecule has 2 rings (SSSR count). The molecule has 176 valence electrons. The Kier molecular flexibility index (Phi) is 9.41. The molecule has 1 aliphatic rings. The smallest absolute Gasteiger partial charge is 0.407 e. The predicted octanol–water partition coefficient (Wildman–Crippen LogP) is 1.08. The Balaban J connectivity index is 2.22. The van der Waals surface area contributed by atoms with Crippen LogP contribution in [0.1, 0.15) is 26.3 Å². The number of carbonyl (C=O) groups excluding carboxylic acids is 4. The highest BCUT2D eigenvalue weighted by Crippen LogP contribution is 2.27.